The Kier molecular flexibility index (Phi) is 3.23. The van der Waals surface area contributed by atoms with Crippen molar-refractivity contribution in [2.75, 3.05) is 5.32 Å². The lowest BCUT2D eigenvalue weighted by molar-refractivity contribution is 0.592. The summed E-state index contributed by atoms with van der Waals surface area (Å²) in [5.74, 6) is 0.669. The number of nitrogens with one attached hydrogen (secondary N) is 1. The van der Waals surface area contributed by atoms with E-state index in [9.17, 15) is 8.42 Å². The van der Waals surface area contributed by atoms with Crippen molar-refractivity contribution in [3.63, 3.8) is 0 Å². The van der Waals surface area contributed by atoms with Crippen LogP contribution in [-0.2, 0) is 9.84 Å². The number of aromatic nitrogens is 4. The van der Waals surface area contributed by atoms with Crippen molar-refractivity contribution < 1.29 is 8.42 Å². The van der Waals surface area contributed by atoms with Crippen molar-refractivity contribution in [2.45, 2.75) is 28.8 Å². The van der Waals surface area contributed by atoms with Crippen LogP contribution in [-0.4, -0.2) is 34.3 Å². The van der Waals surface area contributed by atoms with E-state index in [1.165, 1.54) is 4.52 Å². The van der Waals surface area contributed by atoms with Crippen molar-refractivity contribution in [1.29, 1.82) is 0 Å². The monoisotopic (exact) mass is 365 g/mol. The normalized spacial score (nSPS) is 14.8. The van der Waals surface area contributed by atoms with Crippen LogP contribution in [0.4, 0.5) is 5.82 Å². The zero-order valence-corrected chi connectivity index (χ0v) is 14.5. The zero-order chi connectivity index (χ0) is 17.7. The van der Waals surface area contributed by atoms with Gasteiger partial charge in [0.25, 0.3) is 0 Å². The van der Waals surface area contributed by atoms with E-state index >= 15 is 0 Å². The molecule has 8 heteroatoms. The lowest BCUT2D eigenvalue weighted by Crippen LogP contribution is -2.08. The van der Waals surface area contributed by atoms with Gasteiger partial charge in [0, 0.05) is 11.4 Å². The van der Waals surface area contributed by atoms with E-state index < -0.39 is 9.84 Å². The number of hydrogen-bond donors (Lipinski definition) is 1. The lowest BCUT2D eigenvalue weighted by Gasteiger charge is -2.09. The predicted molar refractivity (Wildman–Crippen MR) is 96.8 cm³/mol. The van der Waals surface area contributed by atoms with E-state index in [4.69, 9.17) is 0 Å². The van der Waals surface area contributed by atoms with Gasteiger partial charge in [-0.25, -0.2) is 13.4 Å². The Hall–Kier alpha value is -3.00. The molecule has 130 valence electrons. The highest BCUT2D eigenvalue weighted by molar-refractivity contribution is 7.91. The fourth-order valence-electron chi connectivity index (χ4n) is 2.96. The minimum atomic E-state index is -3.81. The molecule has 0 atom stereocenters. The van der Waals surface area contributed by atoms with Gasteiger partial charge in [0.05, 0.1) is 10.4 Å². The van der Waals surface area contributed by atoms with Crippen LogP contribution in [0.15, 0.2) is 64.5 Å². The molecule has 0 unspecified atom stereocenters. The average Bonchev–Trinajstić information content (AvgIpc) is 3.38. The summed E-state index contributed by atoms with van der Waals surface area (Å²) < 4.78 is 27.5. The van der Waals surface area contributed by atoms with Crippen LogP contribution >= 0.6 is 0 Å². The zero-order valence-electron chi connectivity index (χ0n) is 13.7. The molecule has 2 heterocycles. The van der Waals surface area contributed by atoms with Crippen molar-refractivity contribution in [2.24, 2.45) is 0 Å². The summed E-state index contributed by atoms with van der Waals surface area (Å²) in [5, 5.41) is 12.2. The van der Waals surface area contributed by atoms with Gasteiger partial charge in [-0.1, -0.05) is 35.5 Å². The van der Waals surface area contributed by atoms with E-state index in [1.54, 1.807) is 30.3 Å². The molecule has 1 aliphatic rings. The second-order valence-electron chi connectivity index (χ2n) is 6.34. The van der Waals surface area contributed by atoms with Crippen LogP contribution in [0, 0.1) is 0 Å². The van der Waals surface area contributed by atoms with Crippen LogP contribution in [0.1, 0.15) is 12.8 Å². The van der Waals surface area contributed by atoms with Crippen LogP contribution in [0.3, 0.4) is 0 Å². The number of rotatable bonds is 4. The largest absolute Gasteiger partial charge is 0.367 e. The van der Waals surface area contributed by atoms with Crippen LogP contribution in [0.2, 0.25) is 0 Å². The third-order valence-corrected chi connectivity index (χ3v) is 6.11. The molecule has 1 N–H and O–H groups in total. The molecule has 2 aromatic carbocycles. The molecule has 26 heavy (non-hydrogen) atoms. The number of sulfone groups is 1. The SMILES string of the molecule is O=S(=O)(c1ccccc1)c1nnn2c1nc(NC1CC1)c1ccccc12. The first-order chi connectivity index (χ1) is 12.6. The highest BCUT2D eigenvalue weighted by Crippen LogP contribution is 2.31. The van der Waals surface area contributed by atoms with E-state index in [1.807, 2.05) is 24.3 Å². The van der Waals surface area contributed by atoms with Crippen molar-refractivity contribution >= 4 is 32.2 Å². The number of hydrogen-bond acceptors (Lipinski definition) is 6. The molecule has 1 aliphatic carbocycles. The van der Waals surface area contributed by atoms with Gasteiger partial charge in [0.1, 0.15) is 5.82 Å². The molecule has 7 nitrogen and oxygen atoms in total. The molecule has 1 saturated carbocycles. The number of fused-ring (bicyclic) bond motifs is 3. The van der Waals surface area contributed by atoms with Crippen molar-refractivity contribution in [1.82, 2.24) is 19.8 Å². The highest BCUT2D eigenvalue weighted by atomic mass is 32.2. The van der Waals surface area contributed by atoms with Crippen LogP contribution in [0.25, 0.3) is 16.6 Å². The predicted octanol–water partition coefficient (Wildman–Crippen LogP) is 2.68. The molecule has 5 rings (SSSR count). The van der Waals surface area contributed by atoms with Crippen LogP contribution in [0.5, 0.6) is 0 Å². The third kappa shape index (κ3) is 2.33. The van der Waals surface area contributed by atoms with Gasteiger partial charge in [-0.2, -0.15) is 4.52 Å². The summed E-state index contributed by atoms with van der Waals surface area (Å²) in [6.07, 6.45) is 2.18. The Bertz CT molecular complexity index is 1230. The molecule has 2 aromatic heterocycles. The smallest absolute Gasteiger partial charge is 0.229 e. The molecule has 4 aromatic rings. The molecule has 0 bridgehead atoms. The Morgan fingerprint density at radius 1 is 1.00 bits per heavy atom. The summed E-state index contributed by atoms with van der Waals surface area (Å²) in [6, 6.07) is 16.3. The second kappa shape index (κ2) is 5.50. The third-order valence-electron chi connectivity index (χ3n) is 4.45. The minimum absolute atomic E-state index is 0.131. The average molecular weight is 365 g/mol. The highest BCUT2D eigenvalue weighted by Gasteiger charge is 2.28. The van der Waals surface area contributed by atoms with E-state index in [0.29, 0.717) is 11.9 Å². The lowest BCUT2D eigenvalue weighted by atomic mass is 10.2. The number of para-hydroxylation sites is 1. The molecule has 0 spiro atoms. The first kappa shape index (κ1) is 15.3. The standard InChI is InChI=1S/C18H15N5O2S/c24-26(25,13-6-2-1-3-7-13)18-17-20-16(19-12-10-11-12)14-8-4-5-9-15(14)23(17)22-21-18/h1-9,12H,10-11H2,(H,19,20). The number of benzene rings is 2. The summed E-state index contributed by atoms with van der Waals surface area (Å²) in [6.45, 7) is 0. The molecular weight excluding hydrogens is 350 g/mol. The summed E-state index contributed by atoms with van der Waals surface area (Å²) in [4.78, 5) is 4.76. The first-order valence-electron chi connectivity index (χ1n) is 8.35. The van der Waals surface area contributed by atoms with Crippen molar-refractivity contribution in [3.8, 4) is 0 Å². The van der Waals surface area contributed by atoms with Gasteiger partial charge in [-0.05, 0) is 37.1 Å². The van der Waals surface area contributed by atoms with Gasteiger partial charge in [-0.15, -0.1) is 5.10 Å². The van der Waals surface area contributed by atoms with Gasteiger partial charge in [-0.3, -0.25) is 0 Å². The topological polar surface area (TPSA) is 89.2 Å². The van der Waals surface area contributed by atoms with Crippen LogP contribution < -0.4 is 5.32 Å². The molecule has 0 aliphatic heterocycles. The number of nitrogens with zero attached hydrogens (tertiary/aromatic N) is 4. The quantitative estimate of drug-likeness (QED) is 0.598. The first-order valence-corrected chi connectivity index (χ1v) is 9.84. The van der Waals surface area contributed by atoms with Gasteiger partial charge in [0.2, 0.25) is 14.9 Å². The Morgan fingerprint density at radius 2 is 1.73 bits per heavy atom. The minimum Gasteiger partial charge on any atom is -0.367 e. The maximum atomic E-state index is 13.0. The van der Waals surface area contributed by atoms with E-state index in [0.717, 1.165) is 23.7 Å². The molecular formula is C18H15N5O2S. The summed E-state index contributed by atoms with van der Waals surface area (Å²) in [5.41, 5.74) is 0.998. The molecule has 1 fully saturated rings. The fourth-order valence-corrected chi connectivity index (χ4v) is 4.22. The van der Waals surface area contributed by atoms with Gasteiger partial charge in [0.15, 0.2) is 5.65 Å². The van der Waals surface area contributed by atoms with Gasteiger partial charge < -0.3 is 5.32 Å². The second-order valence-corrected chi connectivity index (χ2v) is 8.21. The fraction of sp³-hybridized carbons (Fsp3) is 0.167. The molecule has 0 amide bonds. The molecule has 0 radical (unpaired) electrons. The van der Waals surface area contributed by atoms with E-state index in [-0.39, 0.29) is 15.6 Å². The number of anilines is 1. The van der Waals surface area contributed by atoms with E-state index in [2.05, 4.69) is 20.6 Å². The summed E-state index contributed by atoms with van der Waals surface area (Å²) >= 11 is 0. The van der Waals surface area contributed by atoms with Crippen molar-refractivity contribution in [3.05, 3.63) is 54.6 Å². The molecule has 0 saturated heterocycles. The Labute approximate surface area is 149 Å². The summed E-state index contributed by atoms with van der Waals surface area (Å²) in [7, 11) is -3.81. The Morgan fingerprint density at radius 3 is 2.50 bits per heavy atom. The Balaban J connectivity index is 1.79. The maximum absolute atomic E-state index is 13.0. The van der Waals surface area contributed by atoms with Gasteiger partial charge >= 0.3 is 0 Å². The maximum Gasteiger partial charge on any atom is 0.229 e.